The first-order chi connectivity index (χ1) is 9.58. The zero-order chi connectivity index (χ0) is 14.7. The van der Waals surface area contributed by atoms with E-state index in [1.54, 1.807) is 6.20 Å². The third kappa shape index (κ3) is 3.15. The van der Waals surface area contributed by atoms with Crippen molar-refractivity contribution in [3.8, 4) is 0 Å². The molecule has 2 aromatic rings. The minimum absolute atomic E-state index is 0.183. The number of fused-ring (bicyclic) bond motifs is 1. The number of hydrogen-bond donors (Lipinski definition) is 0. The minimum atomic E-state index is 0.183. The van der Waals surface area contributed by atoms with Crippen molar-refractivity contribution in [2.45, 2.75) is 32.7 Å². The summed E-state index contributed by atoms with van der Waals surface area (Å²) in [6, 6.07) is 2.15. The molecule has 0 saturated carbocycles. The van der Waals surface area contributed by atoms with Gasteiger partial charge in [-0.15, -0.1) is 11.6 Å². The number of imidazole rings is 1. The zero-order valence-corrected chi connectivity index (χ0v) is 14.3. The fourth-order valence-electron chi connectivity index (χ4n) is 2.25. The van der Waals surface area contributed by atoms with Crippen LogP contribution in [0, 0.1) is 5.92 Å². The lowest BCUT2D eigenvalue weighted by Gasteiger charge is -2.24. The van der Waals surface area contributed by atoms with E-state index in [1.807, 2.05) is 13.0 Å². The Hall–Kier alpha value is -0.650. The van der Waals surface area contributed by atoms with Crippen molar-refractivity contribution in [1.82, 2.24) is 14.5 Å². The number of pyridine rings is 1. The van der Waals surface area contributed by atoms with E-state index >= 15 is 0 Å². The molecule has 0 aliphatic rings. The lowest BCUT2D eigenvalue weighted by atomic mass is 10.1. The highest BCUT2D eigenvalue weighted by Gasteiger charge is 2.22. The highest BCUT2D eigenvalue weighted by Crippen LogP contribution is 2.27. The molecular weight excluding hydrogens is 342 g/mol. The molecule has 110 valence electrons. The van der Waals surface area contributed by atoms with Crippen LogP contribution in [0.3, 0.4) is 0 Å². The van der Waals surface area contributed by atoms with Crippen molar-refractivity contribution in [2.24, 2.45) is 5.92 Å². The van der Waals surface area contributed by atoms with Gasteiger partial charge in [-0.2, -0.15) is 0 Å². The quantitative estimate of drug-likeness (QED) is 0.726. The fraction of sp³-hybridized carbons (Fsp3) is 0.571. The lowest BCUT2D eigenvalue weighted by molar-refractivity contribution is 0.0968. The number of aromatic nitrogens is 3. The number of nitrogens with zero attached hydrogens (tertiary/aromatic N) is 3. The van der Waals surface area contributed by atoms with Crippen molar-refractivity contribution in [3.05, 3.63) is 22.6 Å². The third-order valence-electron chi connectivity index (χ3n) is 3.28. The molecule has 6 heteroatoms. The predicted molar refractivity (Wildman–Crippen MR) is 85.2 cm³/mol. The number of halogens is 2. The van der Waals surface area contributed by atoms with Crippen LogP contribution in [-0.4, -0.2) is 27.7 Å². The van der Waals surface area contributed by atoms with Crippen molar-refractivity contribution in [2.75, 3.05) is 13.2 Å². The molecule has 1 atom stereocenters. The van der Waals surface area contributed by atoms with Crippen LogP contribution < -0.4 is 0 Å². The maximum Gasteiger partial charge on any atom is 0.160 e. The molecule has 1 unspecified atom stereocenters. The second-order valence-electron chi connectivity index (χ2n) is 5.00. The smallest absolute Gasteiger partial charge is 0.160 e. The van der Waals surface area contributed by atoms with Crippen LogP contribution in [0.25, 0.3) is 11.2 Å². The van der Waals surface area contributed by atoms with Crippen LogP contribution in [0.1, 0.15) is 32.6 Å². The Kier molecular flexibility index (Phi) is 5.41. The van der Waals surface area contributed by atoms with Crippen LogP contribution >= 0.6 is 27.5 Å². The third-order valence-corrected chi connectivity index (χ3v) is 3.96. The summed E-state index contributed by atoms with van der Waals surface area (Å²) in [5, 5.41) is 0. The molecular formula is C14H19BrClN3O. The molecule has 2 heterocycles. The Labute approximate surface area is 132 Å². The highest BCUT2D eigenvalue weighted by atomic mass is 79.9. The summed E-state index contributed by atoms with van der Waals surface area (Å²) in [5.41, 5.74) is 1.72. The molecule has 0 bridgehead atoms. The normalized spacial score (nSPS) is 13.3. The first-order valence-electron chi connectivity index (χ1n) is 6.74. The topological polar surface area (TPSA) is 39.9 Å². The molecule has 0 amide bonds. The first kappa shape index (κ1) is 15.7. The van der Waals surface area contributed by atoms with Crippen molar-refractivity contribution in [3.63, 3.8) is 0 Å². The largest absolute Gasteiger partial charge is 0.380 e. The van der Waals surface area contributed by atoms with Gasteiger partial charge in [0.15, 0.2) is 5.65 Å². The van der Waals surface area contributed by atoms with E-state index in [0.717, 1.165) is 21.5 Å². The van der Waals surface area contributed by atoms with E-state index in [-0.39, 0.29) is 6.04 Å². The molecule has 0 fully saturated rings. The Balaban J connectivity index is 2.54. The molecule has 0 spiro atoms. The first-order valence-corrected chi connectivity index (χ1v) is 8.07. The van der Waals surface area contributed by atoms with Gasteiger partial charge in [0.1, 0.15) is 11.3 Å². The number of alkyl halides is 1. The van der Waals surface area contributed by atoms with Gasteiger partial charge >= 0.3 is 0 Å². The molecule has 0 radical (unpaired) electrons. The van der Waals surface area contributed by atoms with Gasteiger partial charge in [0.2, 0.25) is 0 Å². The van der Waals surface area contributed by atoms with Crippen LogP contribution in [0.5, 0.6) is 0 Å². The SMILES string of the molecule is CCOCC(C(C)C)n1c(CCl)nc2cc(Br)cnc21. The van der Waals surface area contributed by atoms with Gasteiger partial charge in [-0.25, -0.2) is 9.97 Å². The molecule has 0 aromatic carbocycles. The Morgan fingerprint density at radius 1 is 1.45 bits per heavy atom. The summed E-state index contributed by atoms with van der Waals surface area (Å²) in [5.74, 6) is 1.61. The molecule has 0 aliphatic carbocycles. The standard InChI is InChI=1S/C14H19BrClN3O/c1-4-20-8-12(9(2)3)19-13(6-16)18-11-5-10(15)7-17-14(11)19/h5,7,9,12H,4,6,8H2,1-3H3. The maximum atomic E-state index is 6.06. The number of hydrogen-bond acceptors (Lipinski definition) is 3. The van der Waals surface area contributed by atoms with Gasteiger partial charge < -0.3 is 9.30 Å². The summed E-state index contributed by atoms with van der Waals surface area (Å²) in [6.07, 6.45) is 1.79. The Morgan fingerprint density at radius 2 is 2.20 bits per heavy atom. The van der Waals surface area contributed by atoms with Gasteiger partial charge in [-0.05, 0) is 34.8 Å². The van der Waals surface area contributed by atoms with E-state index in [2.05, 4.69) is 44.3 Å². The average molecular weight is 361 g/mol. The maximum absolute atomic E-state index is 6.06. The molecule has 20 heavy (non-hydrogen) atoms. The van der Waals surface area contributed by atoms with E-state index < -0.39 is 0 Å². The van der Waals surface area contributed by atoms with Gasteiger partial charge in [0.05, 0.1) is 18.5 Å². The summed E-state index contributed by atoms with van der Waals surface area (Å²) in [6.45, 7) is 7.69. The van der Waals surface area contributed by atoms with Gasteiger partial charge in [0, 0.05) is 17.3 Å². The van der Waals surface area contributed by atoms with E-state index in [4.69, 9.17) is 16.3 Å². The second-order valence-corrected chi connectivity index (χ2v) is 6.18. The van der Waals surface area contributed by atoms with E-state index in [0.29, 0.717) is 25.0 Å². The summed E-state index contributed by atoms with van der Waals surface area (Å²) >= 11 is 9.49. The van der Waals surface area contributed by atoms with Crippen LogP contribution in [0.4, 0.5) is 0 Å². The number of rotatable bonds is 6. The van der Waals surface area contributed by atoms with E-state index in [1.165, 1.54) is 0 Å². The van der Waals surface area contributed by atoms with Gasteiger partial charge in [-0.1, -0.05) is 13.8 Å². The summed E-state index contributed by atoms with van der Waals surface area (Å²) in [4.78, 5) is 9.09. The monoisotopic (exact) mass is 359 g/mol. The Morgan fingerprint density at radius 3 is 2.80 bits per heavy atom. The zero-order valence-electron chi connectivity index (χ0n) is 11.9. The van der Waals surface area contributed by atoms with Crippen molar-refractivity contribution in [1.29, 1.82) is 0 Å². The predicted octanol–water partition coefficient (Wildman–Crippen LogP) is 4.17. The van der Waals surface area contributed by atoms with Crippen LogP contribution in [0.2, 0.25) is 0 Å². The molecule has 4 nitrogen and oxygen atoms in total. The van der Waals surface area contributed by atoms with Crippen molar-refractivity contribution >= 4 is 38.7 Å². The number of ether oxygens (including phenoxy) is 1. The highest BCUT2D eigenvalue weighted by molar-refractivity contribution is 9.10. The average Bonchev–Trinajstić information content (AvgIpc) is 2.76. The minimum Gasteiger partial charge on any atom is -0.380 e. The summed E-state index contributed by atoms with van der Waals surface area (Å²) < 4.78 is 8.66. The molecule has 0 N–H and O–H groups in total. The van der Waals surface area contributed by atoms with Gasteiger partial charge in [-0.3, -0.25) is 0 Å². The van der Waals surface area contributed by atoms with Crippen molar-refractivity contribution < 1.29 is 4.74 Å². The lowest BCUT2D eigenvalue weighted by Crippen LogP contribution is -2.23. The van der Waals surface area contributed by atoms with Crippen LogP contribution in [0.15, 0.2) is 16.7 Å². The molecule has 2 rings (SSSR count). The summed E-state index contributed by atoms with van der Waals surface area (Å²) in [7, 11) is 0. The molecule has 0 aliphatic heterocycles. The van der Waals surface area contributed by atoms with Gasteiger partial charge in [0.25, 0.3) is 0 Å². The Bertz CT molecular complexity index is 585. The fourth-order valence-corrected chi connectivity index (χ4v) is 2.76. The van der Waals surface area contributed by atoms with Crippen LogP contribution in [-0.2, 0) is 10.6 Å². The molecule has 0 saturated heterocycles. The second kappa shape index (κ2) is 6.87. The molecule has 2 aromatic heterocycles. The van der Waals surface area contributed by atoms with E-state index in [9.17, 15) is 0 Å².